The van der Waals surface area contributed by atoms with Crippen LogP contribution < -0.4 is 15.4 Å². The Kier molecular flexibility index (Phi) is 11.6. The summed E-state index contributed by atoms with van der Waals surface area (Å²) >= 11 is 0. The first-order chi connectivity index (χ1) is 18.7. The molecular weight excluding hydrogens is 496 g/mol. The number of nitrogens with one attached hydrogen (secondary N) is 2. The average Bonchev–Trinajstić information content (AvgIpc) is 2.90. The van der Waals surface area contributed by atoms with Crippen LogP contribution in [-0.2, 0) is 4.74 Å². The SMILES string of the molecule is C[C@@H]1CN([C@@H](C)CO)C(=O)c2cc(NC(=O)Nc3ccccc3)ccc2O[C@@H](C)CCCCO[C@H]1CN(C)C. The number of amides is 3. The Hall–Kier alpha value is -3.14. The van der Waals surface area contributed by atoms with E-state index in [9.17, 15) is 14.7 Å². The highest BCUT2D eigenvalue weighted by Gasteiger charge is 2.30. The third kappa shape index (κ3) is 9.23. The number of urea groups is 1. The van der Waals surface area contributed by atoms with Crippen molar-refractivity contribution in [2.24, 2.45) is 5.92 Å². The molecule has 0 aromatic heterocycles. The molecule has 0 saturated carbocycles. The second-order valence-electron chi connectivity index (χ2n) is 10.7. The van der Waals surface area contributed by atoms with E-state index in [4.69, 9.17) is 9.47 Å². The number of ether oxygens (including phenoxy) is 2. The van der Waals surface area contributed by atoms with Crippen LogP contribution in [0.2, 0.25) is 0 Å². The second-order valence-corrected chi connectivity index (χ2v) is 10.7. The lowest BCUT2D eigenvalue weighted by atomic mass is 10.0. The molecule has 3 rings (SSSR count). The summed E-state index contributed by atoms with van der Waals surface area (Å²) in [6.07, 6.45) is 2.51. The van der Waals surface area contributed by atoms with E-state index in [0.717, 1.165) is 25.8 Å². The molecule has 0 saturated heterocycles. The Morgan fingerprint density at radius 1 is 1.10 bits per heavy atom. The highest BCUT2D eigenvalue weighted by molar-refractivity contribution is 6.02. The van der Waals surface area contributed by atoms with Crippen molar-refractivity contribution in [3.8, 4) is 5.75 Å². The van der Waals surface area contributed by atoms with Crippen molar-refractivity contribution in [2.45, 2.75) is 58.3 Å². The van der Waals surface area contributed by atoms with Gasteiger partial charge in [-0.25, -0.2) is 4.79 Å². The number of fused-ring (bicyclic) bond motifs is 1. The fourth-order valence-electron chi connectivity index (χ4n) is 4.64. The molecule has 39 heavy (non-hydrogen) atoms. The largest absolute Gasteiger partial charge is 0.490 e. The maximum absolute atomic E-state index is 14.1. The number of hydrogen-bond donors (Lipinski definition) is 3. The van der Waals surface area contributed by atoms with Crippen LogP contribution in [0.1, 0.15) is 50.4 Å². The standard InChI is InChI=1S/C30H44N4O5/c1-21-18-34(22(2)20-35)29(36)26-17-25(32-30(37)31-24-12-7-6-8-13-24)14-15-27(26)39-23(3)11-9-10-16-38-28(21)19-33(4)5/h6-8,12-15,17,21-23,28,35H,9-11,16,18-20H2,1-5H3,(H2,31,32,37)/t21-,22+,23+,28+/m1/s1. The quantitative estimate of drug-likeness (QED) is 0.491. The molecule has 0 radical (unpaired) electrons. The molecule has 3 amide bonds. The molecule has 214 valence electrons. The molecule has 2 aromatic carbocycles. The molecule has 0 fully saturated rings. The number of benzene rings is 2. The number of para-hydroxylation sites is 1. The van der Waals surface area contributed by atoms with E-state index < -0.39 is 12.1 Å². The predicted molar refractivity (Wildman–Crippen MR) is 155 cm³/mol. The van der Waals surface area contributed by atoms with Crippen molar-refractivity contribution >= 4 is 23.3 Å². The topological polar surface area (TPSA) is 103 Å². The number of nitrogens with zero attached hydrogens (tertiary/aromatic N) is 2. The van der Waals surface area contributed by atoms with Crippen molar-refractivity contribution < 1.29 is 24.2 Å². The van der Waals surface area contributed by atoms with Crippen molar-refractivity contribution in [1.29, 1.82) is 0 Å². The first-order valence-electron chi connectivity index (χ1n) is 13.8. The van der Waals surface area contributed by atoms with Gasteiger partial charge in [-0.05, 0) is 77.5 Å². The van der Waals surface area contributed by atoms with Crippen LogP contribution in [0.4, 0.5) is 16.2 Å². The summed E-state index contributed by atoms with van der Waals surface area (Å²) in [5.41, 5.74) is 1.47. The molecule has 4 atom stereocenters. The lowest BCUT2D eigenvalue weighted by Gasteiger charge is -2.35. The monoisotopic (exact) mass is 540 g/mol. The minimum atomic E-state index is -0.420. The number of hydrogen-bond acceptors (Lipinski definition) is 6. The third-order valence-corrected chi connectivity index (χ3v) is 6.89. The molecule has 9 heteroatoms. The Bertz CT molecular complexity index is 1060. The van der Waals surface area contributed by atoms with Gasteiger partial charge in [0.1, 0.15) is 5.75 Å². The molecule has 3 N–H and O–H groups in total. The molecule has 1 aliphatic rings. The molecule has 0 unspecified atom stereocenters. The number of rotatable bonds is 6. The molecule has 9 nitrogen and oxygen atoms in total. The van der Waals surface area contributed by atoms with E-state index in [0.29, 0.717) is 35.8 Å². The van der Waals surface area contributed by atoms with Gasteiger partial charge in [-0.15, -0.1) is 0 Å². The second kappa shape index (κ2) is 14.9. The van der Waals surface area contributed by atoms with Gasteiger partial charge in [0.25, 0.3) is 5.91 Å². The van der Waals surface area contributed by atoms with Crippen molar-refractivity contribution in [3.63, 3.8) is 0 Å². The Labute approximate surface area is 232 Å². The number of anilines is 2. The van der Waals surface area contributed by atoms with E-state index >= 15 is 0 Å². The fourth-order valence-corrected chi connectivity index (χ4v) is 4.64. The van der Waals surface area contributed by atoms with Crippen molar-refractivity contribution in [1.82, 2.24) is 9.80 Å². The van der Waals surface area contributed by atoms with Crippen LogP contribution in [0, 0.1) is 5.92 Å². The molecule has 0 spiro atoms. The van der Waals surface area contributed by atoms with Gasteiger partial charge in [0.2, 0.25) is 0 Å². The fraction of sp³-hybridized carbons (Fsp3) is 0.533. The van der Waals surface area contributed by atoms with Gasteiger partial charge in [-0.2, -0.15) is 0 Å². The van der Waals surface area contributed by atoms with Crippen LogP contribution in [0.3, 0.4) is 0 Å². The zero-order valence-corrected chi connectivity index (χ0v) is 23.9. The smallest absolute Gasteiger partial charge is 0.323 e. The minimum absolute atomic E-state index is 0.0227. The third-order valence-electron chi connectivity index (χ3n) is 6.89. The zero-order valence-electron chi connectivity index (χ0n) is 23.9. The molecule has 0 aliphatic carbocycles. The maximum Gasteiger partial charge on any atom is 0.323 e. The number of aliphatic hydroxyl groups excluding tert-OH is 1. The summed E-state index contributed by atoms with van der Waals surface area (Å²) in [6, 6.07) is 13.4. The highest BCUT2D eigenvalue weighted by Crippen LogP contribution is 2.28. The van der Waals surface area contributed by atoms with Crippen LogP contribution in [0.15, 0.2) is 48.5 Å². The summed E-state index contributed by atoms with van der Waals surface area (Å²) < 4.78 is 12.5. The zero-order chi connectivity index (χ0) is 28.4. The number of aliphatic hydroxyl groups is 1. The van der Waals surface area contributed by atoms with E-state index in [-0.39, 0.29) is 30.6 Å². The highest BCUT2D eigenvalue weighted by atomic mass is 16.5. The normalized spacial score (nSPS) is 21.9. The minimum Gasteiger partial charge on any atom is -0.490 e. The van der Waals surface area contributed by atoms with Gasteiger partial charge in [0, 0.05) is 37.0 Å². The molecular formula is C30H44N4O5. The van der Waals surface area contributed by atoms with Crippen LogP contribution in [0.25, 0.3) is 0 Å². The predicted octanol–water partition coefficient (Wildman–Crippen LogP) is 4.69. The Balaban J connectivity index is 1.93. The molecule has 1 heterocycles. The van der Waals surface area contributed by atoms with Gasteiger partial charge in [0.05, 0.1) is 30.4 Å². The van der Waals surface area contributed by atoms with Crippen molar-refractivity contribution in [3.05, 3.63) is 54.1 Å². The summed E-state index contributed by atoms with van der Waals surface area (Å²) in [7, 11) is 4.02. The Morgan fingerprint density at radius 2 is 1.82 bits per heavy atom. The molecule has 1 aliphatic heterocycles. The number of carbonyl (C=O) groups is 2. The van der Waals surface area contributed by atoms with Gasteiger partial charge in [-0.1, -0.05) is 25.1 Å². The summed E-state index contributed by atoms with van der Waals surface area (Å²) in [4.78, 5) is 30.5. The Morgan fingerprint density at radius 3 is 2.51 bits per heavy atom. The number of likely N-dealkylation sites (N-methyl/N-ethyl adjacent to an activating group) is 1. The number of carbonyl (C=O) groups excluding carboxylic acids is 2. The van der Waals surface area contributed by atoms with E-state index in [1.807, 2.05) is 46.1 Å². The van der Waals surface area contributed by atoms with E-state index in [1.165, 1.54) is 0 Å². The maximum atomic E-state index is 14.1. The summed E-state index contributed by atoms with van der Waals surface area (Å²) in [6.45, 7) is 7.50. The average molecular weight is 541 g/mol. The van der Waals surface area contributed by atoms with Crippen LogP contribution in [-0.4, -0.2) is 85.5 Å². The summed E-state index contributed by atoms with van der Waals surface area (Å²) in [5, 5.41) is 15.7. The first kappa shape index (κ1) is 30.4. The first-order valence-corrected chi connectivity index (χ1v) is 13.8. The summed E-state index contributed by atoms with van der Waals surface area (Å²) in [5.74, 6) is 0.218. The molecule has 2 aromatic rings. The van der Waals surface area contributed by atoms with E-state index in [2.05, 4.69) is 22.5 Å². The van der Waals surface area contributed by atoms with Gasteiger partial charge < -0.3 is 35.0 Å². The van der Waals surface area contributed by atoms with Gasteiger partial charge >= 0.3 is 6.03 Å². The molecule has 0 bridgehead atoms. The van der Waals surface area contributed by atoms with Crippen molar-refractivity contribution in [2.75, 3.05) is 51.0 Å². The lowest BCUT2D eigenvalue weighted by Crippen LogP contribution is -2.47. The van der Waals surface area contributed by atoms with Crippen LogP contribution >= 0.6 is 0 Å². The van der Waals surface area contributed by atoms with Gasteiger partial charge in [-0.3, -0.25) is 4.79 Å². The lowest BCUT2D eigenvalue weighted by molar-refractivity contribution is -0.0137. The van der Waals surface area contributed by atoms with Gasteiger partial charge in [0.15, 0.2) is 0 Å². The van der Waals surface area contributed by atoms with E-state index in [1.54, 1.807) is 35.2 Å². The van der Waals surface area contributed by atoms with Crippen LogP contribution in [0.5, 0.6) is 5.75 Å².